The molecule has 0 radical (unpaired) electrons. The highest BCUT2D eigenvalue weighted by Crippen LogP contribution is 2.31. The fourth-order valence-corrected chi connectivity index (χ4v) is 1.57. The first kappa shape index (κ1) is 15.4. The molecule has 1 N–H and O–H groups in total. The van der Waals surface area contributed by atoms with Crippen LogP contribution in [0.3, 0.4) is 0 Å². The standard InChI is InChI=1S/C11H4ClF6N3/c12-10-20-6(11(16,17)18)3-7(21-10)19-5-2-1-4(13)8(14)9(5)15/h1-3H,(H,19,20,21). The van der Waals surface area contributed by atoms with Gasteiger partial charge in [-0.1, -0.05) is 0 Å². The lowest BCUT2D eigenvalue weighted by molar-refractivity contribution is -0.141. The summed E-state index contributed by atoms with van der Waals surface area (Å²) >= 11 is 5.33. The van der Waals surface area contributed by atoms with Crippen molar-refractivity contribution >= 4 is 23.1 Å². The highest BCUT2D eigenvalue weighted by atomic mass is 35.5. The molecule has 10 heteroatoms. The molecule has 0 bridgehead atoms. The normalized spacial score (nSPS) is 11.6. The Morgan fingerprint density at radius 3 is 2.29 bits per heavy atom. The molecule has 21 heavy (non-hydrogen) atoms. The van der Waals surface area contributed by atoms with E-state index in [4.69, 9.17) is 11.6 Å². The van der Waals surface area contributed by atoms with Gasteiger partial charge in [0.1, 0.15) is 5.82 Å². The average molecular weight is 328 g/mol. The topological polar surface area (TPSA) is 37.8 Å². The van der Waals surface area contributed by atoms with Gasteiger partial charge in [0, 0.05) is 6.07 Å². The van der Waals surface area contributed by atoms with Crippen molar-refractivity contribution < 1.29 is 26.3 Å². The van der Waals surface area contributed by atoms with E-state index < -0.39 is 46.1 Å². The maximum absolute atomic E-state index is 13.4. The summed E-state index contributed by atoms with van der Waals surface area (Å²) in [6.45, 7) is 0. The molecular weight excluding hydrogens is 324 g/mol. The predicted molar refractivity (Wildman–Crippen MR) is 61.6 cm³/mol. The summed E-state index contributed by atoms with van der Waals surface area (Å²) in [6, 6.07) is 1.86. The van der Waals surface area contributed by atoms with Crippen molar-refractivity contribution in [1.29, 1.82) is 0 Å². The second-order valence-electron chi connectivity index (χ2n) is 3.75. The molecule has 112 valence electrons. The van der Waals surface area contributed by atoms with Gasteiger partial charge >= 0.3 is 6.18 Å². The Kier molecular flexibility index (Phi) is 3.95. The molecule has 0 saturated carbocycles. The zero-order valence-electron chi connectivity index (χ0n) is 9.77. The number of nitrogens with one attached hydrogen (secondary N) is 1. The molecule has 0 atom stereocenters. The first-order chi connectivity index (χ1) is 9.68. The number of hydrogen-bond donors (Lipinski definition) is 1. The number of benzene rings is 1. The Balaban J connectivity index is 2.41. The molecule has 0 unspecified atom stereocenters. The number of nitrogens with zero attached hydrogens (tertiary/aromatic N) is 2. The molecule has 1 heterocycles. The Morgan fingerprint density at radius 1 is 1.00 bits per heavy atom. The van der Waals surface area contributed by atoms with Gasteiger partial charge in [-0.15, -0.1) is 0 Å². The van der Waals surface area contributed by atoms with Gasteiger partial charge in [-0.25, -0.2) is 23.1 Å². The number of rotatable bonds is 2. The van der Waals surface area contributed by atoms with Gasteiger partial charge in [-0.3, -0.25) is 0 Å². The summed E-state index contributed by atoms with van der Waals surface area (Å²) in [5.74, 6) is -5.32. The van der Waals surface area contributed by atoms with Crippen LogP contribution in [0.1, 0.15) is 5.69 Å². The summed E-state index contributed by atoms with van der Waals surface area (Å²) in [5.41, 5.74) is -1.97. The van der Waals surface area contributed by atoms with Crippen LogP contribution in [-0.2, 0) is 6.18 Å². The Bertz CT molecular complexity index is 688. The van der Waals surface area contributed by atoms with E-state index in [1.165, 1.54) is 0 Å². The van der Waals surface area contributed by atoms with Crippen molar-refractivity contribution in [3.63, 3.8) is 0 Å². The maximum atomic E-state index is 13.4. The van der Waals surface area contributed by atoms with Crippen molar-refractivity contribution in [3.05, 3.63) is 46.6 Å². The number of hydrogen-bond acceptors (Lipinski definition) is 3. The Hall–Kier alpha value is -2.03. The van der Waals surface area contributed by atoms with E-state index in [2.05, 4.69) is 15.3 Å². The molecule has 0 aliphatic rings. The third-order valence-electron chi connectivity index (χ3n) is 2.29. The lowest BCUT2D eigenvalue weighted by Gasteiger charge is -2.10. The molecule has 0 spiro atoms. The summed E-state index contributed by atoms with van der Waals surface area (Å²) in [6.07, 6.45) is -4.80. The highest BCUT2D eigenvalue weighted by Gasteiger charge is 2.33. The number of anilines is 2. The molecule has 2 rings (SSSR count). The van der Waals surface area contributed by atoms with Crippen molar-refractivity contribution in [3.8, 4) is 0 Å². The van der Waals surface area contributed by atoms with Crippen LogP contribution in [0.5, 0.6) is 0 Å². The van der Waals surface area contributed by atoms with Gasteiger partial charge in [0.25, 0.3) is 0 Å². The van der Waals surface area contributed by atoms with Crippen LogP contribution in [0, 0.1) is 17.5 Å². The quantitative estimate of drug-likeness (QED) is 0.507. The lowest BCUT2D eigenvalue weighted by Crippen LogP contribution is -2.10. The van der Waals surface area contributed by atoms with Crippen molar-refractivity contribution in [1.82, 2.24) is 9.97 Å². The van der Waals surface area contributed by atoms with Crippen LogP contribution < -0.4 is 5.32 Å². The van der Waals surface area contributed by atoms with E-state index in [0.29, 0.717) is 12.1 Å². The molecule has 2 aromatic rings. The van der Waals surface area contributed by atoms with E-state index in [9.17, 15) is 26.3 Å². The summed E-state index contributed by atoms with van der Waals surface area (Å²) in [4.78, 5) is 6.36. The average Bonchev–Trinajstić information content (AvgIpc) is 2.38. The van der Waals surface area contributed by atoms with E-state index in [0.717, 1.165) is 6.07 Å². The molecule has 0 fully saturated rings. The molecule has 3 nitrogen and oxygen atoms in total. The second kappa shape index (κ2) is 5.40. The largest absolute Gasteiger partial charge is 0.433 e. The van der Waals surface area contributed by atoms with Crippen molar-refractivity contribution in [2.24, 2.45) is 0 Å². The first-order valence-corrected chi connectivity index (χ1v) is 5.58. The fraction of sp³-hybridized carbons (Fsp3) is 0.0909. The molecule has 0 amide bonds. The zero-order valence-corrected chi connectivity index (χ0v) is 10.5. The summed E-state index contributed by atoms with van der Waals surface area (Å²) < 4.78 is 76.7. The zero-order chi connectivity index (χ0) is 15.8. The molecule has 1 aromatic carbocycles. The SMILES string of the molecule is Fc1ccc(Nc2cc(C(F)(F)F)nc(Cl)n2)c(F)c1F. The van der Waals surface area contributed by atoms with Gasteiger partial charge in [0.15, 0.2) is 23.1 Å². The Labute approximate surface area is 118 Å². The Morgan fingerprint density at radius 2 is 1.67 bits per heavy atom. The molecule has 1 aromatic heterocycles. The van der Waals surface area contributed by atoms with E-state index >= 15 is 0 Å². The van der Waals surface area contributed by atoms with Gasteiger partial charge in [-0.2, -0.15) is 13.2 Å². The minimum Gasteiger partial charge on any atom is -0.338 e. The van der Waals surface area contributed by atoms with Gasteiger partial charge in [-0.05, 0) is 23.7 Å². The van der Waals surface area contributed by atoms with Gasteiger partial charge in [0.2, 0.25) is 5.28 Å². The molecule has 0 saturated heterocycles. The summed E-state index contributed by atoms with van der Waals surface area (Å²) in [7, 11) is 0. The predicted octanol–water partition coefficient (Wildman–Crippen LogP) is 4.31. The van der Waals surface area contributed by atoms with Crippen molar-refractivity contribution in [2.45, 2.75) is 6.18 Å². The van der Waals surface area contributed by atoms with Crippen LogP contribution in [-0.4, -0.2) is 9.97 Å². The monoisotopic (exact) mass is 327 g/mol. The van der Waals surface area contributed by atoms with Crippen LogP contribution >= 0.6 is 11.6 Å². The molecule has 0 aliphatic heterocycles. The number of alkyl halides is 3. The van der Waals surface area contributed by atoms with E-state index in [1.54, 1.807) is 0 Å². The van der Waals surface area contributed by atoms with Gasteiger partial charge in [0.05, 0.1) is 5.69 Å². The van der Waals surface area contributed by atoms with E-state index in [-0.39, 0.29) is 0 Å². The smallest absolute Gasteiger partial charge is 0.338 e. The van der Waals surface area contributed by atoms with Gasteiger partial charge < -0.3 is 5.32 Å². The van der Waals surface area contributed by atoms with Crippen molar-refractivity contribution in [2.75, 3.05) is 5.32 Å². The van der Waals surface area contributed by atoms with Crippen LogP contribution in [0.25, 0.3) is 0 Å². The fourth-order valence-electron chi connectivity index (χ4n) is 1.39. The first-order valence-electron chi connectivity index (χ1n) is 5.21. The minimum absolute atomic E-state index is 0.451. The van der Waals surface area contributed by atoms with Crippen LogP contribution in [0.2, 0.25) is 5.28 Å². The minimum atomic E-state index is -4.80. The highest BCUT2D eigenvalue weighted by molar-refractivity contribution is 6.28. The summed E-state index contributed by atoms with van der Waals surface area (Å²) in [5, 5.41) is 1.34. The molecule has 0 aliphatic carbocycles. The van der Waals surface area contributed by atoms with E-state index in [1.807, 2.05) is 0 Å². The second-order valence-corrected chi connectivity index (χ2v) is 4.09. The lowest BCUT2D eigenvalue weighted by atomic mass is 10.2. The third kappa shape index (κ3) is 3.35. The maximum Gasteiger partial charge on any atom is 0.433 e. The number of halogens is 7. The number of aromatic nitrogens is 2. The third-order valence-corrected chi connectivity index (χ3v) is 2.46. The van der Waals surface area contributed by atoms with Crippen LogP contribution in [0.15, 0.2) is 18.2 Å². The van der Waals surface area contributed by atoms with Crippen LogP contribution in [0.4, 0.5) is 37.8 Å². The molecular formula is C11H4ClF6N3.